The van der Waals surface area contributed by atoms with Crippen LogP contribution in [0.2, 0.25) is 5.02 Å². The molecule has 1 atom stereocenters. The monoisotopic (exact) mass is 257 g/mol. The van der Waals surface area contributed by atoms with E-state index < -0.39 is 0 Å². The molecule has 2 aromatic rings. The molecule has 0 fully saturated rings. The molecule has 0 saturated heterocycles. The van der Waals surface area contributed by atoms with Gasteiger partial charge in [0.15, 0.2) is 0 Å². The number of fused-ring (bicyclic) bond motifs is 1. The molecule has 1 heterocycles. The van der Waals surface area contributed by atoms with E-state index >= 15 is 0 Å². The van der Waals surface area contributed by atoms with Gasteiger partial charge in [-0.05, 0) is 47.7 Å². The number of aryl methyl sites for hydroxylation is 1. The molecule has 1 aliphatic rings. The minimum absolute atomic E-state index is 0.271. The van der Waals surface area contributed by atoms with Gasteiger partial charge in [-0.3, -0.25) is 0 Å². The summed E-state index contributed by atoms with van der Waals surface area (Å²) < 4.78 is 0. The Balaban J connectivity index is 2.09. The zero-order valence-electron chi connectivity index (χ0n) is 10.4. The summed E-state index contributed by atoms with van der Waals surface area (Å²) in [7, 11) is 0. The maximum atomic E-state index is 6.09. The van der Waals surface area contributed by atoms with Gasteiger partial charge >= 0.3 is 0 Å². The van der Waals surface area contributed by atoms with Crippen molar-refractivity contribution < 1.29 is 0 Å². The van der Waals surface area contributed by atoms with Gasteiger partial charge in [0.25, 0.3) is 0 Å². The highest BCUT2D eigenvalue weighted by atomic mass is 35.5. The SMILES string of the molecule is Cc1cccc2c1CCNC2c1cccc(Cl)c1. The van der Waals surface area contributed by atoms with Crippen molar-refractivity contribution in [3.8, 4) is 0 Å². The highest BCUT2D eigenvalue weighted by Crippen LogP contribution is 2.31. The minimum Gasteiger partial charge on any atom is -0.306 e. The molecule has 0 aromatic heterocycles. The van der Waals surface area contributed by atoms with Crippen LogP contribution in [0.3, 0.4) is 0 Å². The lowest BCUT2D eigenvalue weighted by atomic mass is 9.87. The molecule has 18 heavy (non-hydrogen) atoms. The van der Waals surface area contributed by atoms with Crippen LogP contribution >= 0.6 is 11.6 Å². The Bertz CT molecular complexity index is 577. The fourth-order valence-electron chi connectivity index (χ4n) is 2.77. The number of halogens is 1. The highest BCUT2D eigenvalue weighted by Gasteiger charge is 2.21. The Morgan fingerprint density at radius 1 is 1.17 bits per heavy atom. The first-order valence-electron chi connectivity index (χ1n) is 6.33. The fraction of sp³-hybridized carbons (Fsp3) is 0.250. The molecule has 2 heteroatoms. The van der Waals surface area contributed by atoms with Gasteiger partial charge in [0.05, 0.1) is 6.04 Å². The molecule has 1 aliphatic heterocycles. The van der Waals surface area contributed by atoms with E-state index in [0.717, 1.165) is 18.0 Å². The Kier molecular flexibility index (Phi) is 3.11. The normalized spacial score (nSPS) is 18.4. The molecule has 0 saturated carbocycles. The Labute approximate surface area is 113 Å². The second-order valence-corrected chi connectivity index (χ2v) is 5.27. The second kappa shape index (κ2) is 4.75. The van der Waals surface area contributed by atoms with E-state index in [1.807, 2.05) is 12.1 Å². The van der Waals surface area contributed by atoms with Gasteiger partial charge in [-0.1, -0.05) is 41.9 Å². The Morgan fingerprint density at radius 3 is 2.83 bits per heavy atom. The summed E-state index contributed by atoms with van der Waals surface area (Å²) in [5, 5.41) is 4.39. The highest BCUT2D eigenvalue weighted by molar-refractivity contribution is 6.30. The van der Waals surface area contributed by atoms with Crippen molar-refractivity contribution in [2.75, 3.05) is 6.54 Å². The van der Waals surface area contributed by atoms with Crippen LogP contribution in [0.25, 0.3) is 0 Å². The zero-order chi connectivity index (χ0) is 12.5. The van der Waals surface area contributed by atoms with Crippen molar-refractivity contribution in [1.29, 1.82) is 0 Å². The van der Waals surface area contributed by atoms with Crippen molar-refractivity contribution in [3.63, 3.8) is 0 Å². The standard InChI is InChI=1S/C16H16ClN/c1-11-4-2-7-15-14(11)8-9-18-16(15)12-5-3-6-13(17)10-12/h2-7,10,16,18H,8-9H2,1H3. The number of hydrogen-bond acceptors (Lipinski definition) is 1. The maximum Gasteiger partial charge on any atom is 0.0580 e. The average Bonchev–Trinajstić information content (AvgIpc) is 2.39. The van der Waals surface area contributed by atoms with Crippen molar-refractivity contribution in [2.24, 2.45) is 0 Å². The summed E-state index contributed by atoms with van der Waals surface area (Å²) in [6.45, 7) is 3.22. The molecule has 0 radical (unpaired) electrons. The summed E-state index contributed by atoms with van der Waals surface area (Å²) in [6.07, 6.45) is 1.11. The number of rotatable bonds is 1. The Morgan fingerprint density at radius 2 is 2.00 bits per heavy atom. The lowest BCUT2D eigenvalue weighted by Gasteiger charge is -2.28. The van der Waals surface area contributed by atoms with Crippen LogP contribution in [-0.4, -0.2) is 6.54 Å². The van der Waals surface area contributed by atoms with E-state index in [4.69, 9.17) is 11.6 Å². The lowest BCUT2D eigenvalue weighted by Crippen LogP contribution is -2.31. The molecular weight excluding hydrogens is 242 g/mol. The molecule has 0 aliphatic carbocycles. The van der Waals surface area contributed by atoms with E-state index in [2.05, 4.69) is 42.6 Å². The van der Waals surface area contributed by atoms with Crippen molar-refractivity contribution in [2.45, 2.75) is 19.4 Å². The summed E-state index contributed by atoms with van der Waals surface area (Å²) in [4.78, 5) is 0. The van der Waals surface area contributed by atoms with Crippen LogP contribution in [-0.2, 0) is 6.42 Å². The molecule has 0 bridgehead atoms. The second-order valence-electron chi connectivity index (χ2n) is 4.83. The number of nitrogens with one attached hydrogen (secondary N) is 1. The molecule has 2 aromatic carbocycles. The third-order valence-corrected chi connectivity index (χ3v) is 3.90. The van der Waals surface area contributed by atoms with Gasteiger partial charge in [-0.25, -0.2) is 0 Å². The molecule has 3 rings (SSSR count). The van der Waals surface area contributed by atoms with Gasteiger partial charge in [-0.2, -0.15) is 0 Å². The van der Waals surface area contributed by atoms with Crippen molar-refractivity contribution >= 4 is 11.6 Å². The van der Waals surface area contributed by atoms with Gasteiger partial charge < -0.3 is 5.32 Å². The summed E-state index contributed by atoms with van der Waals surface area (Å²) >= 11 is 6.09. The predicted molar refractivity (Wildman–Crippen MR) is 76.2 cm³/mol. The first kappa shape index (κ1) is 11.8. The number of benzene rings is 2. The lowest BCUT2D eigenvalue weighted by molar-refractivity contribution is 0.566. The van der Waals surface area contributed by atoms with Gasteiger partial charge in [0, 0.05) is 11.6 Å². The quantitative estimate of drug-likeness (QED) is 0.818. The van der Waals surface area contributed by atoms with E-state index in [-0.39, 0.29) is 6.04 Å². The topological polar surface area (TPSA) is 12.0 Å². The van der Waals surface area contributed by atoms with E-state index in [1.54, 1.807) is 0 Å². The predicted octanol–water partition coefficient (Wildman–Crippen LogP) is 3.88. The first-order chi connectivity index (χ1) is 8.75. The van der Waals surface area contributed by atoms with E-state index in [9.17, 15) is 0 Å². The fourth-order valence-corrected chi connectivity index (χ4v) is 2.97. The zero-order valence-corrected chi connectivity index (χ0v) is 11.2. The van der Waals surface area contributed by atoms with E-state index in [0.29, 0.717) is 0 Å². The van der Waals surface area contributed by atoms with Crippen molar-refractivity contribution in [1.82, 2.24) is 5.32 Å². The smallest absolute Gasteiger partial charge is 0.0580 e. The molecule has 1 N–H and O–H groups in total. The molecule has 0 amide bonds. The van der Waals surface area contributed by atoms with Gasteiger partial charge in [-0.15, -0.1) is 0 Å². The number of hydrogen-bond donors (Lipinski definition) is 1. The average molecular weight is 258 g/mol. The summed E-state index contributed by atoms with van der Waals surface area (Å²) in [5.41, 5.74) is 5.51. The van der Waals surface area contributed by atoms with Crippen LogP contribution in [0.15, 0.2) is 42.5 Å². The molecule has 1 nitrogen and oxygen atoms in total. The summed E-state index contributed by atoms with van der Waals surface area (Å²) in [6, 6.07) is 15.0. The van der Waals surface area contributed by atoms with Gasteiger partial charge in [0.1, 0.15) is 0 Å². The molecule has 1 unspecified atom stereocenters. The van der Waals surface area contributed by atoms with Crippen LogP contribution < -0.4 is 5.32 Å². The molecule has 92 valence electrons. The van der Waals surface area contributed by atoms with E-state index in [1.165, 1.54) is 22.3 Å². The Hall–Kier alpha value is -1.31. The maximum absolute atomic E-state index is 6.09. The van der Waals surface area contributed by atoms with Crippen LogP contribution in [0.5, 0.6) is 0 Å². The molecule has 0 spiro atoms. The van der Waals surface area contributed by atoms with Crippen molar-refractivity contribution in [3.05, 3.63) is 69.7 Å². The van der Waals surface area contributed by atoms with Crippen LogP contribution in [0.4, 0.5) is 0 Å². The first-order valence-corrected chi connectivity index (χ1v) is 6.71. The van der Waals surface area contributed by atoms with Gasteiger partial charge in [0.2, 0.25) is 0 Å². The third kappa shape index (κ3) is 2.05. The minimum atomic E-state index is 0.271. The largest absolute Gasteiger partial charge is 0.306 e. The van der Waals surface area contributed by atoms with Crippen LogP contribution in [0, 0.1) is 6.92 Å². The summed E-state index contributed by atoms with van der Waals surface area (Å²) in [5.74, 6) is 0. The third-order valence-electron chi connectivity index (χ3n) is 3.66. The molecular formula is C16H16ClN. The van der Waals surface area contributed by atoms with Crippen LogP contribution in [0.1, 0.15) is 28.3 Å².